The van der Waals surface area contributed by atoms with E-state index in [0.717, 1.165) is 16.8 Å². The van der Waals surface area contributed by atoms with Gasteiger partial charge in [-0.15, -0.1) is 0 Å². The number of rotatable bonds is 3. The molecular weight excluding hydrogens is 415 g/mol. The molecule has 0 unspecified atom stereocenters. The maximum absolute atomic E-state index is 12.6. The van der Waals surface area contributed by atoms with Crippen LogP contribution >= 0.6 is 47.2 Å². The van der Waals surface area contributed by atoms with Gasteiger partial charge in [0.15, 0.2) is 4.32 Å². The van der Waals surface area contributed by atoms with Gasteiger partial charge in [0.1, 0.15) is 5.75 Å². The summed E-state index contributed by atoms with van der Waals surface area (Å²) in [6, 6.07) is 10.9. The van der Waals surface area contributed by atoms with Gasteiger partial charge in [0.05, 0.1) is 10.5 Å². The van der Waals surface area contributed by atoms with Crippen molar-refractivity contribution in [1.82, 2.24) is 10.4 Å². The lowest BCUT2D eigenvalue weighted by atomic mass is 10.2. The number of para-hydroxylation sites is 1. The molecule has 2 aromatic rings. The van der Waals surface area contributed by atoms with E-state index in [2.05, 4.69) is 5.43 Å². The molecule has 1 saturated heterocycles. The van der Waals surface area contributed by atoms with Crippen molar-refractivity contribution in [2.45, 2.75) is 0 Å². The predicted molar refractivity (Wildman–Crippen MR) is 107 cm³/mol. The van der Waals surface area contributed by atoms with Gasteiger partial charge in [0, 0.05) is 10.0 Å². The van der Waals surface area contributed by atoms with Crippen molar-refractivity contribution < 1.29 is 14.7 Å². The van der Waals surface area contributed by atoms with Crippen LogP contribution in [0.3, 0.4) is 0 Å². The van der Waals surface area contributed by atoms with Gasteiger partial charge in [0.2, 0.25) is 0 Å². The average molecular weight is 425 g/mol. The monoisotopic (exact) mass is 424 g/mol. The Hall–Kier alpha value is -2.06. The van der Waals surface area contributed by atoms with Crippen LogP contribution in [0.4, 0.5) is 0 Å². The van der Waals surface area contributed by atoms with Crippen LogP contribution in [0, 0.1) is 0 Å². The number of benzene rings is 2. The van der Waals surface area contributed by atoms with Gasteiger partial charge in [-0.3, -0.25) is 15.0 Å². The van der Waals surface area contributed by atoms with Crippen molar-refractivity contribution in [1.29, 1.82) is 0 Å². The highest BCUT2D eigenvalue weighted by molar-refractivity contribution is 8.26. The molecule has 1 aliphatic rings. The molecule has 1 aliphatic heterocycles. The van der Waals surface area contributed by atoms with Crippen LogP contribution in [0.25, 0.3) is 6.08 Å². The van der Waals surface area contributed by atoms with E-state index < -0.39 is 11.8 Å². The van der Waals surface area contributed by atoms with E-state index in [1.165, 1.54) is 12.1 Å². The summed E-state index contributed by atoms with van der Waals surface area (Å²) < 4.78 is 0.162. The SMILES string of the molecule is O=C(NN1C(=O)/C(=C/c2ccc(Cl)cc2Cl)SC1=S)c1ccccc1O. The lowest BCUT2D eigenvalue weighted by Crippen LogP contribution is -2.44. The third kappa shape index (κ3) is 3.86. The molecule has 132 valence electrons. The molecule has 2 N–H and O–H groups in total. The molecule has 9 heteroatoms. The summed E-state index contributed by atoms with van der Waals surface area (Å²) in [6.07, 6.45) is 1.57. The molecule has 0 atom stereocenters. The second-order valence-corrected chi connectivity index (χ2v) is 7.66. The molecule has 0 aliphatic carbocycles. The fourth-order valence-corrected chi connectivity index (χ4v) is 3.78. The molecule has 0 radical (unpaired) electrons. The Labute approximate surface area is 168 Å². The van der Waals surface area contributed by atoms with Gasteiger partial charge >= 0.3 is 0 Å². The Morgan fingerprint density at radius 3 is 2.65 bits per heavy atom. The fourth-order valence-electron chi connectivity index (χ4n) is 2.15. The number of carbonyl (C=O) groups is 2. The number of hydrogen-bond acceptors (Lipinski definition) is 5. The summed E-state index contributed by atoms with van der Waals surface area (Å²) in [5.41, 5.74) is 3.04. The number of hydrogen-bond donors (Lipinski definition) is 2. The Morgan fingerprint density at radius 1 is 1.23 bits per heavy atom. The minimum absolute atomic E-state index is 0.0336. The summed E-state index contributed by atoms with van der Waals surface area (Å²) in [7, 11) is 0. The van der Waals surface area contributed by atoms with Gasteiger partial charge in [-0.2, -0.15) is 5.01 Å². The van der Waals surface area contributed by atoms with Crippen molar-refractivity contribution in [3.63, 3.8) is 0 Å². The Morgan fingerprint density at radius 2 is 1.96 bits per heavy atom. The molecule has 0 spiro atoms. The fraction of sp³-hybridized carbons (Fsp3) is 0. The van der Waals surface area contributed by atoms with Crippen molar-refractivity contribution in [3.05, 3.63) is 68.5 Å². The Bertz CT molecular complexity index is 963. The molecule has 5 nitrogen and oxygen atoms in total. The molecule has 0 aromatic heterocycles. The number of phenols is 1. The number of thioether (sulfide) groups is 1. The van der Waals surface area contributed by atoms with E-state index in [1.807, 2.05) is 0 Å². The summed E-state index contributed by atoms with van der Waals surface area (Å²) in [6.45, 7) is 0. The number of halogens is 2. The predicted octanol–water partition coefficient (Wildman–Crippen LogP) is 4.25. The second-order valence-electron chi connectivity index (χ2n) is 5.14. The minimum atomic E-state index is -0.648. The molecule has 0 bridgehead atoms. The van der Waals surface area contributed by atoms with Gasteiger partial charge in [0.25, 0.3) is 11.8 Å². The number of aromatic hydroxyl groups is 1. The molecule has 3 rings (SSSR count). The summed E-state index contributed by atoms with van der Waals surface area (Å²) in [4.78, 5) is 25.1. The van der Waals surface area contributed by atoms with E-state index in [0.29, 0.717) is 20.5 Å². The molecule has 1 fully saturated rings. The van der Waals surface area contributed by atoms with Crippen molar-refractivity contribution in [3.8, 4) is 5.75 Å². The number of phenolic OH excluding ortho intramolecular Hbond substituents is 1. The number of nitrogens with one attached hydrogen (secondary N) is 1. The largest absolute Gasteiger partial charge is 0.507 e. The quantitative estimate of drug-likeness (QED) is 0.569. The highest BCUT2D eigenvalue weighted by Gasteiger charge is 2.34. The van der Waals surface area contributed by atoms with Crippen LogP contribution in [0.15, 0.2) is 47.4 Å². The molecule has 0 saturated carbocycles. The van der Waals surface area contributed by atoms with Crippen LogP contribution in [0.1, 0.15) is 15.9 Å². The molecule has 26 heavy (non-hydrogen) atoms. The highest BCUT2D eigenvalue weighted by Crippen LogP contribution is 2.33. The molecular formula is C17H10Cl2N2O3S2. The third-order valence-electron chi connectivity index (χ3n) is 3.40. The average Bonchev–Trinajstić information content (AvgIpc) is 2.85. The summed E-state index contributed by atoms with van der Waals surface area (Å²) in [5, 5.41) is 11.6. The summed E-state index contributed by atoms with van der Waals surface area (Å²) >= 11 is 18.2. The Kier molecular flexibility index (Phi) is 5.52. The standard InChI is InChI=1S/C17H10Cl2N2O3S2/c18-10-6-5-9(12(19)8-10)7-14-16(24)21(17(25)26-14)20-15(23)11-3-1-2-4-13(11)22/h1-8,22H,(H,20,23)/b14-7-. The van der Waals surface area contributed by atoms with E-state index in [9.17, 15) is 14.7 Å². The van der Waals surface area contributed by atoms with Gasteiger partial charge in [-0.05, 0) is 48.1 Å². The highest BCUT2D eigenvalue weighted by atomic mass is 35.5. The first-order valence-electron chi connectivity index (χ1n) is 7.19. The first kappa shape index (κ1) is 18.7. The number of thiocarbonyl (C=S) groups is 1. The topological polar surface area (TPSA) is 69.6 Å². The maximum Gasteiger partial charge on any atom is 0.285 e. The molecule has 2 amide bonds. The molecule has 2 aromatic carbocycles. The van der Waals surface area contributed by atoms with Gasteiger partial charge in [-0.1, -0.05) is 53.2 Å². The number of hydrazine groups is 1. The van der Waals surface area contributed by atoms with Crippen LogP contribution in [-0.2, 0) is 4.79 Å². The maximum atomic E-state index is 12.6. The third-order valence-corrected chi connectivity index (χ3v) is 5.27. The zero-order chi connectivity index (χ0) is 18.8. The lowest BCUT2D eigenvalue weighted by Gasteiger charge is -2.16. The zero-order valence-corrected chi connectivity index (χ0v) is 16.0. The lowest BCUT2D eigenvalue weighted by molar-refractivity contribution is -0.123. The van der Waals surface area contributed by atoms with Crippen LogP contribution < -0.4 is 5.43 Å². The van der Waals surface area contributed by atoms with Crippen molar-refractivity contribution in [2.75, 3.05) is 0 Å². The number of carbonyl (C=O) groups excluding carboxylic acids is 2. The Balaban J connectivity index is 1.82. The molecule has 1 heterocycles. The zero-order valence-electron chi connectivity index (χ0n) is 12.9. The van der Waals surface area contributed by atoms with Crippen LogP contribution in [0.2, 0.25) is 10.0 Å². The van der Waals surface area contributed by atoms with Gasteiger partial charge < -0.3 is 5.11 Å². The van der Waals surface area contributed by atoms with E-state index >= 15 is 0 Å². The van der Waals surface area contributed by atoms with E-state index in [4.69, 9.17) is 35.4 Å². The summed E-state index contributed by atoms with van der Waals surface area (Å²) in [5.74, 6) is -1.33. The van der Waals surface area contributed by atoms with Gasteiger partial charge in [-0.25, -0.2) is 0 Å². The second kappa shape index (κ2) is 7.67. The van der Waals surface area contributed by atoms with Crippen LogP contribution in [-0.4, -0.2) is 26.3 Å². The number of nitrogens with zero attached hydrogens (tertiary/aromatic N) is 1. The van der Waals surface area contributed by atoms with E-state index in [-0.39, 0.29) is 15.6 Å². The first-order valence-corrected chi connectivity index (χ1v) is 9.17. The van der Waals surface area contributed by atoms with Crippen molar-refractivity contribution in [2.24, 2.45) is 0 Å². The normalized spacial score (nSPS) is 15.6. The van der Waals surface area contributed by atoms with E-state index in [1.54, 1.807) is 36.4 Å². The smallest absolute Gasteiger partial charge is 0.285 e. The van der Waals surface area contributed by atoms with Crippen LogP contribution in [0.5, 0.6) is 5.75 Å². The number of amides is 2. The first-order chi connectivity index (χ1) is 12.4. The minimum Gasteiger partial charge on any atom is -0.507 e. The van der Waals surface area contributed by atoms with Crippen molar-refractivity contribution >= 4 is 69.4 Å².